The van der Waals surface area contributed by atoms with Crippen molar-refractivity contribution in [3.8, 4) is 0 Å². The zero-order valence-electron chi connectivity index (χ0n) is 39.0. The highest BCUT2D eigenvalue weighted by molar-refractivity contribution is 7.47. The van der Waals surface area contributed by atoms with Crippen LogP contribution in [-0.2, 0) is 32.7 Å². The van der Waals surface area contributed by atoms with E-state index in [1.807, 2.05) is 18.2 Å². The molecule has 0 aliphatic rings. The minimum Gasteiger partial charge on any atom is -0.480 e. The van der Waals surface area contributed by atoms with Crippen LogP contribution in [0.25, 0.3) is 0 Å². The van der Waals surface area contributed by atoms with Gasteiger partial charge in [-0.15, -0.1) is 0 Å². The number of aliphatic carboxylic acids is 1. The second-order valence-corrected chi connectivity index (χ2v) is 16.7. The van der Waals surface area contributed by atoms with Gasteiger partial charge < -0.3 is 25.2 Å². The fourth-order valence-corrected chi connectivity index (χ4v) is 6.41. The molecule has 0 spiro atoms. The Morgan fingerprint density at radius 2 is 0.938 bits per heavy atom. The van der Waals surface area contributed by atoms with Crippen LogP contribution in [0.4, 0.5) is 0 Å². The Balaban J connectivity index is 4.04. The third-order valence-electron chi connectivity index (χ3n) is 9.27. The van der Waals surface area contributed by atoms with Gasteiger partial charge in [0.1, 0.15) is 12.7 Å². The normalized spacial score (nSPS) is 14.7. The molecule has 360 valence electrons. The minimum absolute atomic E-state index is 0.0190. The summed E-state index contributed by atoms with van der Waals surface area (Å²) in [5.41, 5.74) is 0. The number of esters is 1. The molecule has 1 amide bonds. The monoisotopic (exact) mass is 912 g/mol. The predicted molar refractivity (Wildman–Crippen MR) is 263 cm³/mol. The number of phosphoric acid groups is 1. The van der Waals surface area contributed by atoms with Crippen molar-refractivity contribution in [3.63, 3.8) is 0 Å². The highest BCUT2D eigenvalue weighted by atomic mass is 31.2. The lowest BCUT2D eigenvalue weighted by atomic mass is 10.1. The number of aliphatic hydroxyl groups is 1. The van der Waals surface area contributed by atoms with Crippen LogP contribution in [0.1, 0.15) is 155 Å². The van der Waals surface area contributed by atoms with E-state index in [0.29, 0.717) is 12.8 Å². The molecule has 0 aromatic heterocycles. The van der Waals surface area contributed by atoms with Crippen LogP contribution < -0.4 is 5.32 Å². The number of carboxylic acids is 1. The molecule has 0 radical (unpaired) electrons. The highest BCUT2D eigenvalue weighted by Gasteiger charge is 2.28. The van der Waals surface area contributed by atoms with Crippen molar-refractivity contribution in [2.45, 2.75) is 167 Å². The molecule has 0 bridgehead atoms. The maximum Gasteiger partial charge on any atom is 0.472 e. The second-order valence-electron chi connectivity index (χ2n) is 15.2. The fourth-order valence-electron chi connectivity index (χ4n) is 5.64. The van der Waals surface area contributed by atoms with Gasteiger partial charge in [-0.1, -0.05) is 174 Å². The van der Waals surface area contributed by atoms with Gasteiger partial charge in [-0.3, -0.25) is 18.6 Å². The third-order valence-corrected chi connectivity index (χ3v) is 10.2. The summed E-state index contributed by atoms with van der Waals surface area (Å²) in [5.74, 6) is -2.55. The molecule has 11 nitrogen and oxygen atoms in total. The fraction of sp³-hybridized carbons (Fsp3) is 0.558. The molecule has 3 unspecified atom stereocenters. The van der Waals surface area contributed by atoms with Gasteiger partial charge in [0.2, 0.25) is 5.91 Å². The maximum atomic E-state index is 12.3. The van der Waals surface area contributed by atoms with E-state index in [1.54, 1.807) is 6.08 Å². The molecule has 0 aromatic carbocycles. The van der Waals surface area contributed by atoms with E-state index < -0.39 is 57.6 Å². The first-order chi connectivity index (χ1) is 31.1. The van der Waals surface area contributed by atoms with Crippen molar-refractivity contribution in [1.29, 1.82) is 0 Å². The number of allylic oxidation sites excluding steroid dienone is 19. The summed E-state index contributed by atoms with van der Waals surface area (Å²) >= 11 is 0. The third kappa shape index (κ3) is 44.5. The summed E-state index contributed by atoms with van der Waals surface area (Å²) < 4.78 is 26.8. The maximum absolute atomic E-state index is 12.3. The van der Waals surface area contributed by atoms with Crippen molar-refractivity contribution >= 4 is 25.7 Å². The van der Waals surface area contributed by atoms with E-state index >= 15 is 0 Å². The number of rotatable bonds is 42. The number of nitrogens with one attached hydrogen (secondary N) is 1. The highest BCUT2D eigenvalue weighted by Crippen LogP contribution is 2.43. The molecular formula is C52H82NO10P. The molecule has 12 heteroatoms. The van der Waals surface area contributed by atoms with Crippen LogP contribution in [0.5, 0.6) is 0 Å². The lowest BCUT2D eigenvalue weighted by molar-refractivity contribution is -0.146. The molecular weight excluding hydrogens is 830 g/mol. The standard InChI is InChI=1S/C52H82NO10P/c1-3-5-7-9-11-13-15-17-19-21-23-24-26-28-30-32-34-36-38-40-42-44-51(56)61-45-48(54)46-62-64(59,60)63-47-49(52(57)58)53-50(55)43-41-39-37-35-33-31-29-27-25-22-20-18-16-14-12-10-8-6-4-2/h5,7,11-14,17-20,23-25,27-28,30,34,36,40,42,48-49,54H,3-4,6,8-10,15-16,21-22,26,29,31-33,35,37-39,41,43-47H2,1-2H3,(H,53,55)(H,57,58)(H,59,60)/b7-5-,13-11-,14-12-,19-17-,20-18-,24-23-,27-25-,30-28-,36-34-,42-40-. The lowest BCUT2D eigenvalue weighted by Gasteiger charge is -2.18. The van der Waals surface area contributed by atoms with E-state index in [2.05, 4.69) is 116 Å². The molecule has 3 atom stereocenters. The van der Waals surface area contributed by atoms with Gasteiger partial charge in [0.05, 0.1) is 19.6 Å². The van der Waals surface area contributed by atoms with Crippen molar-refractivity contribution in [3.05, 3.63) is 122 Å². The molecule has 0 aromatic rings. The van der Waals surface area contributed by atoms with E-state index in [4.69, 9.17) is 13.8 Å². The van der Waals surface area contributed by atoms with Gasteiger partial charge in [0.25, 0.3) is 0 Å². The van der Waals surface area contributed by atoms with Gasteiger partial charge >= 0.3 is 19.8 Å². The molecule has 0 fully saturated rings. The van der Waals surface area contributed by atoms with Crippen LogP contribution in [0.15, 0.2) is 122 Å². The lowest BCUT2D eigenvalue weighted by Crippen LogP contribution is -2.43. The van der Waals surface area contributed by atoms with Gasteiger partial charge in [0, 0.05) is 6.42 Å². The first-order valence-corrected chi connectivity index (χ1v) is 25.1. The smallest absolute Gasteiger partial charge is 0.472 e. The zero-order valence-corrected chi connectivity index (χ0v) is 39.9. The Hall–Kier alpha value is -4.12. The molecule has 0 aliphatic heterocycles. The second kappa shape index (κ2) is 45.4. The molecule has 0 rings (SSSR count). The molecule has 4 N–H and O–H groups in total. The molecule has 0 saturated heterocycles. The number of phosphoric ester groups is 1. The number of hydrogen-bond donors (Lipinski definition) is 4. The molecule has 64 heavy (non-hydrogen) atoms. The van der Waals surface area contributed by atoms with E-state index in [-0.39, 0.29) is 12.8 Å². The van der Waals surface area contributed by atoms with Crippen molar-refractivity contribution < 1.29 is 47.8 Å². The molecule has 0 heterocycles. The van der Waals surface area contributed by atoms with Crippen molar-refractivity contribution in [1.82, 2.24) is 5.32 Å². The number of carbonyl (C=O) groups excluding carboxylic acids is 2. The summed E-state index contributed by atoms with van der Waals surface area (Å²) in [7, 11) is -4.79. The van der Waals surface area contributed by atoms with Crippen molar-refractivity contribution in [2.75, 3.05) is 19.8 Å². The van der Waals surface area contributed by atoms with Gasteiger partial charge in [-0.05, 0) is 89.9 Å². The van der Waals surface area contributed by atoms with E-state index in [1.165, 1.54) is 25.7 Å². The number of carboxylic acid groups (broad SMARTS) is 1. The number of unbranched alkanes of at least 4 members (excludes halogenated alkanes) is 9. The molecule has 0 aliphatic carbocycles. The quantitative estimate of drug-likeness (QED) is 0.0200. The number of aliphatic hydroxyl groups excluding tert-OH is 1. The summed E-state index contributed by atoms with van der Waals surface area (Å²) in [4.78, 5) is 46.0. The SMILES string of the molecule is CC/C=C\C/C=C\C/C=C\C/C=C\C/C=C\C/C=C\C/C=C\CC(=O)OCC(O)COP(=O)(O)OCC(NC(=O)CCCCCCCC/C=C\C/C=C\C/C=C\CCCCC)C(=O)O. The Kier molecular flexibility index (Phi) is 42.5. The first kappa shape index (κ1) is 59.9. The van der Waals surface area contributed by atoms with Crippen LogP contribution in [0, 0.1) is 0 Å². The Bertz CT molecular complexity index is 1540. The number of hydrogen-bond acceptors (Lipinski definition) is 8. The number of amides is 1. The van der Waals surface area contributed by atoms with Crippen LogP contribution in [0.3, 0.4) is 0 Å². The average Bonchev–Trinajstić information content (AvgIpc) is 3.27. The minimum atomic E-state index is -4.79. The van der Waals surface area contributed by atoms with Crippen LogP contribution >= 0.6 is 7.82 Å². The average molecular weight is 912 g/mol. The largest absolute Gasteiger partial charge is 0.480 e. The predicted octanol–water partition coefficient (Wildman–Crippen LogP) is 12.8. The summed E-state index contributed by atoms with van der Waals surface area (Å²) in [6.07, 6.45) is 61.0. The van der Waals surface area contributed by atoms with Crippen LogP contribution in [0.2, 0.25) is 0 Å². The Morgan fingerprint density at radius 3 is 1.41 bits per heavy atom. The number of carbonyl (C=O) groups is 3. The number of ether oxygens (including phenoxy) is 1. The Labute approximate surface area is 386 Å². The zero-order chi connectivity index (χ0) is 47.0. The van der Waals surface area contributed by atoms with Gasteiger partial charge in [0.15, 0.2) is 6.04 Å². The van der Waals surface area contributed by atoms with E-state index in [0.717, 1.165) is 89.9 Å². The van der Waals surface area contributed by atoms with Gasteiger partial charge in [-0.25, -0.2) is 9.36 Å². The van der Waals surface area contributed by atoms with Crippen LogP contribution in [-0.4, -0.2) is 64.9 Å². The van der Waals surface area contributed by atoms with E-state index in [9.17, 15) is 34.1 Å². The van der Waals surface area contributed by atoms with Gasteiger partial charge in [-0.2, -0.15) is 0 Å². The summed E-state index contributed by atoms with van der Waals surface area (Å²) in [5, 5.41) is 21.8. The summed E-state index contributed by atoms with van der Waals surface area (Å²) in [6, 6.07) is -1.57. The summed E-state index contributed by atoms with van der Waals surface area (Å²) in [6.45, 7) is 2.33. The Morgan fingerprint density at radius 1 is 0.531 bits per heavy atom. The first-order valence-electron chi connectivity index (χ1n) is 23.6. The van der Waals surface area contributed by atoms with Crippen molar-refractivity contribution in [2.24, 2.45) is 0 Å². The molecule has 0 saturated carbocycles. The topological polar surface area (TPSA) is 169 Å².